The topological polar surface area (TPSA) is 46.5 Å². The third-order valence-electron chi connectivity index (χ3n) is 4.03. The molecule has 5 nitrogen and oxygen atoms in total. The lowest BCUT2D eigenvalue weighted by Gasteiger charge is -2.29. The Hall–Kier alpha value is -2.01. The van der Waals surface area contributed by atoms with E-state index in [2.05, 4.69) is 22.3 Å². The van der Waals surface area contributed by atoms with E-state index < -0.39 is 5.60 Å². The smallest absolute Gasteiger partial charge is 0.419 e. The molecule has 1 aliphatic rings. The van der Waals surface area contributed by atoms with Crippen LogP contribution >= 0.6 is 0 Å². The van der Waals surface area contributed by atoms with Crippen LogP contribution in [0, 0.1) is 6.92 Å². The summed E-state index contributed by atoms with van der Waals surface area (Å²) in [5.41, 5.74) is 2.50. The molecule has 0 unspecified atom stereocenters. The van der Waals surface area contributed by atoms with Crippen LogP contribution in [0.1, 0.15) is 26.5 Å². The second kappa shape index (κ2) is 5.89. The van der Waals surface area contributed by atoms with Gasteiger partial charge in [0.1, 0.15) is 5.60 Å². The number of carbonyl (C=O) groups excluding carboxylic acids is 1. The van der Waals surface area contributed by atoms with Crippen LogP contribution in [0.25, 0.3) is 10.9 Å². The van der Waals surface area contributed by atoms with Crippen molar-refractivity contribution < 1.29 is 9.53 Å². The van der Waals surface area contributed by atoms with Crippen LogP contribution in [0.4, 0.5) is 10.5 Å². The zero-order valence-electron chi connectivity index (χ0n) is 14.3. The summed E-state index contributed by atoms with van der Waals surface area (Å²) in [6.07, 6.45) is -0.320. The first-order chi connectivity index (χ1) is 10.8. The van der Waals surface area contributed by atoms with E-state index in [0.29, 0.717) is 0 Å². The zero-order valence-corrected chi connectivity index (χ0v) is 14.3. The first kappa shape index (κ1) is 15.9. The first-order valence-corrected chi connectivity index (χ1v) is 8.16. The van der Waals surface area contributed by atoms with Gasteiger partial charge < -0.3 is 15.0 Å². The fourth-order valence-electron chi connectivity index (χ4n) is 3.01. The Morgan fingerprint density at radius 2 is 1.87 bits per heavy atom. The Labute approximate surface area is 137 Å². The van der Waals surface area contributed by atoms with Crippen molar-refractivity contribution in [3.8, 4) is 0 Å². The molecular formula is C18H25N3O2. The Kier molecular flexibility index (Phi) is 4.06. The molecule has 3 rings (SSSR count). The molecule has 0 radical (unpaired) electrons. The van der Waals surface area contributed by atoms with Gasteiger partial charge in [0.25, 0.3) is 0 Å². The maximum Gasteiger partial charge on any atom is 0.419 e. The summed E-state index contributed by atoms with van der Waals surface area (Å²) < 4.78 is 7.18. The fourth-order valence-corrected chi connectivity index (χ4v) is 3.01. The molecule has 1 N–H and O–H groups in total. The number of aryl methyl sites for hydroxylation is 1. The van der Waals surface area contributed by atoms with E-state index in [-0.39, 0.29) is 6.09 Å². The molecule has 1 saturated heterocycles. The summed E-state index contributed by atoms with van der Waals surface area (Å²) in [4.78, 5) is 14.8. The predicted molar refractivity (Wildman–Crippen MR) is 93.4 cm³/mol. The van der Waals surface area contributed by atoms with Crippen LogP contribution < -0.4 is 10.2 Å². The van der Waals surface area contributed by atoms with Gasteiger partial charge in [-0.2, -0.15) is 0 Å². The Morgan fingerprint density at radius 3 is 2.52 bits per heavy atom. The third-order valence-corrected chi connectivity index (χ3v) is 4.03. The van der Waals surface area contributed by atoms with Crippen molar-refractivity contribution in [3.63, 3.8) is 0 Å². The highest BCUT2D eigenvalue weighted by molar-refractivity contribution is 5.92. The normalized spacial score (nSPS) is 15.9. The molecule has 1 fully saturated rings. The molecule has 0 bridgehead atoms. The number of carbonyl (C=O) groups is 1. The molecule has 5 heteroatoms. The van der Waals surface area contributed by atoms with Gasteiger partial charge in [0.05, 0.1) is 5.52 Å². The number of piperazine rings is 1. The minimum atomic E-state index is -0.499. The standard InChI is InChI=1S/C18H25N3O2/c1-13-11-14-12-15(20-9-7-19-8-10-20)5-6-16(14)21(13)17(22)23-18(2,3)4/h5-6,11-12,19H,7-10H2,1-4H3. The summed E-state index contributed by atoms with van der Waals surface area (Å²) in [6, 6.07) is 8.32. The number of rotatable bonds is 1. The SMILES string of the molecule is Cc1cc2cc(N3CCNCC3)ccc2n1C(=O)OC(C)(C)C. The second-order valence-electron chi connectivity index (χ2n) is 7.08. The van der Waals surface area contributed by atoms with Crippen LogP contribution in [0.2, 0.25) is 0 Å². The number of benzene rings is 1. The summed E-state index contributed by atoms with van der Waals surface area (Å²) in [7, 11) is 0. The maximum atomic E-state index is 12.5. The highest BCUT2D eigenvalue weighted by Crippen LogP contribution is 2.26. The van der Waals surface area contributed by atoms with Crippen molar-refractivity contribution in [2.24, 2.45) is 0 Å². The molecule has 2 aromatic rings. The van der Waals surface area contributed by atoms with Gasteiger partial charge in [-0.25, -0.2) is 9.36 Å². The number of ether oxygens (including phenoxy) is 1. The highest BCUT2D eigenvalue weighted by Gasteiger charge is 2.21. The molecule has 0 atom stereocenters. The van der Waals surface area contributed by atoms with Crippen molar-refractivity contribution in [1.82, 2.24) is 9.88 Å². The summed E-state index contributed by atoms with van der Waals surface area (Å²) in [5, 5.41) is 4.44. The summed E-state index contributed by atoms with van der Waals surface area (Å²) in [5.74, 6) is 0. The van der Waals surface area contributed by atoms with Crippen molar-refractivity contribution >= 4 is 22.7 Å². The van der Waals surface area contributed by atoms with E-state index in [1.807, 2.05) is 39.8 Å². The predicted octanol–water partition coefficient (Wildman–Crippen LogP) is 3.14. The molecule has 23 heavy (non-hydrogen) atoms. The molecule has 2 heterocycles. The molecule has 1 aromatic carbocycles. The average molecular weight is 315 g/mol. The van der Waals surface area contributed by atoms with E-state index in [0.717, 1.165) is 42.8 Å². The van der Waals surface area contributed by atoms with Crippen molar-refractivity contribution in [2.45, 2.75) is 33.3 Å². The Bertz CT molecular complexity index is 722. The number of hydrogen-bond acceptors (Lipinski definition) is 4. The van der Waals surface area contributed by atoms with Crippen LogP contribution in [-0.4, -0.2) is 42.4 Å². The number of fused-ring (bicyclic) bond motifs is 1. The lowest BCUT2D eigenvalue weighted by molar-refractivity contribution is 0.0541. The Morgan fingerprint density at radius 1 is 1.17 bits per heavy atom. The van der Waals surface area contributed by atoms with Gasteiger partial charge in [-0.05, 0) is 52.0 Å². The van der Waals surface area contributed by atoms with E-state index in [4.69, 9.17) is 4.74 Å². The number of nitrogens with one attached hydrogen (secondary N) is 1. The van der Waals surface area contributed by atoms with Gasteiger partial charge in [0, 0.05) is 42.9 Å². The van der Waals surface area contributed by atoms with E-state index >= 15 is 0 Å². The van der Waals surface area contributed by atoms with E-state index in [1.54, 1.807) is 4.57 Å². The van der Waals surface area contributed by atoms with Crippen LogP contribution in [0.3, 0.4) is 0 Å². The highest BCUT2D eigenvalue weighted by atomic mass is 16.6. The largest absolute Gasteiger partial charge is 0.443 e. The number of aromatic nitrogens is 1. The van der Waals surface area contributed by atoms with Gasteiger partial charge in [0.2, 0.25) is 0 Å². The number of hydrogen-bond donors (Lipinski definition) is 1. The van der Waals surface area contributed by atoms with Gasteiger partial charge in [-0.15, -0.1) is 0 Å². The van der Waals surface area contributed by atoms with Crippen LogP contribution in [-0.2, 0) is 4.74 Å². The molecule has 1 aromatic heterocycles. The van der Waals surface area contributed by atoms with Crippen LogP contribution in [0.5, 0.6) is 0 Å². The lowest BCUT2D eigenvalue weighted by Crippen LogP contribution is -2.43. The fraction of sp³-hybridized carbons (Fsp3) is 0.500. The van der Waals surface area contributed by atoms with Crippen molar-refractivity contribution in [2.75, 3.05) is 31.1 Å². The average Bonchev–Trinajstić information content (AvgIpc) is 2.81. The molecule has 0 aliphatic carbocycles. The number of nitrogens with zero attached hydrogens (tertiary/aromatic N) is 2. The monoisotopic (exact) mass is 315 g/mol. The van der Waals surface area contributed by atoms with Gasteiger partial charge >= 0.3 is 6.09 Å². The van der Waals surface area contributed by atoms with Crippen LogP contribution in [0.15, 0.2) is 24.3 Å². The van der Waals surface area contributed by atoms with Crippen molar-refractivity contribution in [3.05, 3.63) is 30.0 Å². The number of anilines is 1. The van der Waals surface area contributed by atoms with Crippen molar-refractivity contribution in [1.29, 1.82) is 0 Å². The zero-order chi connectivity index (χ0) is 16.6. The molecule has 1 aliphatic heterocycles. The quantitative estimate of drug-likeness (QED) is 0.878. The van der Waals surface area contributed by atoms with Gasteiger partial charge in [-0.3, -0.25) is 0 Å². The third kappa shape index (κ3) is 3.34. The Balaban J connectivity index is 1.95. The molecular weight excluding hydrogens is 290 g/mol. The minimum Gasteiger partial charge on any atom is -0.443 e. The molecule has 0 amide bonds. The molecule has 0 spiro atoms. The second-order valence-corrected chi connectivity index (χ2v) is 7.08. The van der Waals surface area contributed by atoms with E-state index in [1.165, 1.54) is 5.69 Å². The van der Waals surface area contributed by atoms with E-state index in [9.17, 15) is 4.79 Å². The van der Waals surface area contributed by atoms with Gasteiger partial charge in [0.15, 0.2) is 0 Å². The lowest BCUT2D eigenvalue weighted by atomic mass is 10.2. The summed E-state index contributed by atoms with van der Waals surface area (Å²) >= 11 is 0. The molecule has 124 valence electrons. The first-order valence-electron chi connectivity index (χ1n) is 8.16. The molecule has 0 saturated carbocycles. The minimum absolute atomic E-state index is 0.320. The summed E-state index contributed by atoms with van der Waals surface area (Å²) in [6.45, 7) is 11.6. The van der Waals surface area contributed by atoms with Gasteiger partial charge in [-0.1, -0.05) is 0 Å². The maximum absolute atomic E-state index is 12.5.